The first kappa shape index (κ1) is 19.1. The van der Waals surface area contributed by atoms with E-state index in [-0.39, 0.29) is 23.0 Å². The second-order valence-electron chi connectivity index (χ2n) is 7.30. The zero-order valence-electron chi connectivity index (χ0n) is 16.7. The first-order valence-electron chi connectivity index (χ1n) is 9.93. The number of piperidine rings is 1. The lowest BCUT2D eigenvalue weighted by Gasteiger charge is -2.33. The molecule has 1 amide bonds. The van der Waals surface area contributed by atoms with Gasteiger partial charge in [0.2, 0.25) is 5.43 Å². The first-order valence-corrected chi connectivity index (χ1v) is 9.93. The van der Waals surface area contributed by atoms with Gasteiger partial charge in [-0.15, -0.1) is 0 Å². The number of rotatable bonds is 4. The van der Waals surface area contributed by atoms with Crippen LogP contribution in [0.2, 0.25) is 0 Å². The summed E-state index contributed by atoms with van der Waals surface area (Å²) < 4.78 is 7.87. The van der Waals surface area contributed by atoms with Crippen LogP contribution in [-0.4, -0.2) is 44.5 Å². The number of carbonyl (C=O) groups excluding carboxylic acids is 1. The topological polar surface area (TPSA) is 77.3 Å². The number of pyridine rings is 3. The van der Waals surface area contributed by atoms with Crippen LogP contribution < -0.4 is 10.2 Å². The van der Waals surface area contributed by atoms with E-state index in [9.17, 15) is 9.59 Å². The third-order valence-corrected chi connectivity index (χ3v) is 5.25. The van der Waals surface area contributed by atoms with E-state index in [4.69, 9.17) is 4.74 Å². The third kappa shape index (κ3) is 3.85. The number of likely N-dealkylation sites (tertiary alicyclic amines) is 1. The van der Waals surface area contributed by atoms with Crippen LogP contribution in [0.25, 0.3) is 11.0 Å². The summed E-state index contributed by atoms with van der Waals surface area (Å²) in [6.07, 6.45) is 6.60. The van der Waals surface area contributed by atoms with Gasteiger partial charge in [0.25, 0.3) is 5.91 Å². The van der Waals surface area contributed by atoms with Gasteiger partial charge in [0, 0.05) is 37.4 Å². The van der Waals surface area contributed by atoms with Gasteiger partial charge in [-0.3, -0.25) is 14.6 Å². The lowest BCUT2D eigenvalue weighted by atomic mass is 10.1. The number of aromatic nitrogens is 3. The summed E-state index contributed by atoms with van der Waals surface area (Å²) >= 11 is 0. The van der Waals surface area contributed by atoms with Gasteiger partial charge in [0.1, 0.15) is 23.1 Å². The Morgan fingerprint density at radius 1 is 1.24 bits per heavy atom. The number of hydrogen-bond acceptors (Lipinski definition) is 5. The summed E-state index contributed by atoms with van der Waals surface area (Å²) in [6.45, 7) is 5.56. The number of amides is 1. The highest BCUT2D eigenvalue weighted by Crippen LogP contribution is 2.19. The van der Waals surface area contributed by atoms with Gasteiger partial charge in [-0.05, 0) is 51.0 Å². The van der Waals surface area contributed by atoms with Crippen molar-refractivity contribution in [1.29, 1.82) is 0 Å². The van der Waals surface area contributed by atoms with E-state index in [0.717, 1.165) is 24.3 Å². The average molecular weight is 392 g/mol. The molecule has 0 spiro atoms. The molecule has 1 aliphatic rings. The minimum Gasteiger partial charge on any atom is -0.488 e. The molecule has 1 aliphatic heterocycles. The van der Waals surface area contributed by atoms with E-state index in [1.165, 1.54) is 0 Å². The van der Waals surface area contributed by atoms with Crippen LogP contribution in [0, 0.1) is 6.92 Å². The Bertz CT molecular complexity index is 1090. The van der Waals surface area contributed by atoms with E-state index in [0.29, 0.717) is 30.7 Å². The van der Waals surface area contributed by atoms with Crippen LogP contribution in [0.15, 0.2) is 47.7 Å². The maximum atomic E-state index is 13.2. The lowest BCUT2D eigenvalue weighted by Crippen LogP contribution is -2.45. The smallest absolute Gasteiger partial charge is 0.259 e. The predicted molar refractivity (Wildman–Crippen MR) is 110 cm³/mol. The molecule has 1 unspecified atom stereocenters. The van der Waals surface area contributed by atoms with E-state index >= 15 is 0 Å². The molecule has 0 saturated carbocycles. The maximum absolute atomic E-state index is 13.2. The minimum atomic E-state index is -0.264. The summed E-state index contributed by atoms with van der Waals surface area (Å²) in [4.78, 5) is 36.5. The van der Waals surface area contributed by atoms with Crippen molar-refractivity contribution in [2.45, 2.75) is 39.3 Å². The molecule has 4 heterocycles. The van der Waals surface area contributed by atoms with Gasteiger partial charge in [0.15, 0.2) is 0 Å². The highest BCUT2D eigenvalue weighted by molar-refractivity contribution is 5.97. The molecular weight excluding hydrogens is 368 g/mol. The molecule has 0 aliphatic carbocycles. The standard InChI is InChI=1S/C22H24N4O3/c1-3-25-14-19(20(27)18-7-6-15(2)24-21(18)25)22(28)26-12-4-5-17(13-26)29-16-8-10-23-11-9-16/h6-11,14,17H,3-5,12-13H2,1-2H3. The molecule has 7 nitrogen and oxygen atoms in total. The highest BCUT2D eigenvalue weighted by Gasteiger charge is 2.28. The van der Waals surface area contributed by atoms with Gasteiger partial charge in [-0.2, -0.15) is 0 Å². The van der Waals surface area contributed by atoms with Crippen molar-refractivity contribution < 1.29 is 9.53 Å². The van der Waals surface area contributed by atoms with E-state index in [1.54, 1.807) is 47.8 Å². The van der Waals surface area contributed by atoms with Crippen molar-refractivity contribution in [1.82, 2.24) is 19.4 Å². The second-order valence-corrected chi connectivity index (χ2v) is 7.30. The van der Waals surface area contributed by atoms with E-state index < -0.39 is 0 Å². The van der Waals surface area contributed by atoms with Crippen LogP contribution in [0.5, 0.6) is 5.75 Å². The molecule has 0 aromatic carbocycles. The van der Waals surface area contributed by atoms with Crippen LogP contribution in [0.4, 0.5) is 0 Å². The predicted octanol–water partition coefficient (Wildman–Crippen LogP) is 2.80. The SMILES string of the molecule is CCn1cc(C(=O)N2CCCC(Oc3ccncc3)C2)c(=O)c2ccc(C)nc21. The fourth-order valence-electron chi connectivity index (χ4n) is 3.75. The highest BCUT2D eigenvalue weighted by atomic mass is 16.5. The molecule has 1 fully saturated rings. The summed E-state index contributed by atoms with van der Waals surface area (Å²) in [7, 11) is 0. The van der Waals surface area contributed by atoms with E-state index in [2.05, 4.69) is 9.97 Å². The third-order valence-electron chi connectivity index (χ3n) is 5.25. The quantitative estimate of drug-likeness (QED) is 0.682. The fourth-order valence-corrected chi connectivity index (χ4v) is 3.75. The van der Waals surface area contributed by atoms with Gasteiger partial charge < -0.3 is 14.2 Å². The van der Waals surface area contributed by atoms with Crippen molar-refractivity contribution in [3.05, 3.63) is 64.3 Å². The summed E-state index contributed by atoms with van der Waals surface area (Å²) in [5.74, 6) is 0.488. The molecule has 0 bridgehead atoms. The van der Waals surface area contributed by atoms with Gasteiger partial charge in [0.05, 0.1) is 11.9 Å². The number of nitrogens with zero attached hydrogens (tertiary/aromatic N) is 4. The first-order chi connectivity index (χ1) is 14.1. The molecule has 3 aromatic rings. The Hall–Kier alpha value is -3.22. The molecule has 29 heavy (non-hydrogen) atoms. The van der Waals surface area contributed by atoms with Crippen LogP contribution in [0.1, 0.15) is 35.8 Å². The van der Waals surface area contributed by atoms with E-state index in [1.807, 2.05) is 18.4 Å². The van der Waals surface area contributed by atoms with Crippen molar-refractivity contribution in [2.24, 2.45) is 0 Å². The molecule has 3 aromatic heterocycles. The Morgan fingerprint density at radius 2 is 2.03 bits per heavy atom. The minimum absolute atomic E-state index is 0.103. The molecular formula is C22H24N4O3. The number of aryl methyl sites for hydroxylation is 2. The fraction of sp³-hybridized carbons (Fsp3) is 0.364. The maximum Gasteiger partial charge on any atom is 0.259 e. The van der Waals surface area contributed by atoms with Gasteiger partial charge >= 0.3 is 0 Å². The number of fused-ring (bicyclic) bond motifs is 1. The Balaban J connectivity index is 1.62. The Morgan fingerprint density at radius 3 is 2.79 bits per heavy atom. The number of ether oxygens (including phenoxy) is 1. The number of hydrogen-bond donors (Lipinski definition) is 0. The van der Waals surface area contributed by atoms with Crippen molar-refractivity contribution in [2.75, 3.05) is 13.1 Å². The van der Waals surface area contributed by atoms with Gasteiger partial charge in [-0.25, -0.2) is 4.98 Å². The number of carbonyl (C=O) groups is 1. The zero-order valence-corrected chi connectivity index (χ0v) is 16.7. The summed E-state index contributed by atoms with van der Waals surface area (Å²) in [6, 6.07) is 7.17. The van der Waals surface area contributed by atoms with Crippen LogP contribution >= 0.6 is 0 Å². The molecule has 0 radical (unpaired) electrons. The second kappa shape index (κ2) is 8.03. The average Bonchev–Trinajstić information content (AvgIpc) is 2.74. The molecule has 150 valence electrons. The summed E-state index contributed by atoms with van der Waals surface area (Å²) in [5, 5.41) is 0.477. The molecule has 4 rings (SSSR count). The molecule has 0 N–H and O–H groups in total. The Kier molecular flexibility index (Phi) is 5.29. The van der Waals surface area contributed by atoms with Crippen molar-refractivity contribution >= 4 is 16.9 Å². The lowest BCUT2D eigenvalue weighted by molar-refractivity contribution is 0.0536. The van der Waals surface area contributed by atoms with Crippen LogP contribution in [-0.2, 0) is 6.54 Å². The van der Waals surface area contributed by atoms with Crippen molar-refractivity contribution in [3.63, 3.8) is 0 Å². The van der Waals surface area contributed by atoms with Gasteiger partial charge in [-0.1, -0.05) is 0 Å². The van der Waals surface area contributed by atoms with Crippen LogP contribution in [0.3, 0.4) is 0 Å². The molecule has 7 heteroatoms. The summed E-state index contributed by atoms with van der Waals surface area (Å²) in [5.41, 5.74) is 1.38. The molecule has 1 saturated heterocycles. The zero-order chi connectivity index (χ0) is 20.4. The monoisotopic (exact) mass is 392 g/mol. The Labute approximate surface area is 169 Å². The largest absolute Gasteiger partial charge is 0.488 e. The van der Waals surface area contributed by atoms with Crippen molar-refractivity contribution in [3.8, 4) is 5.75 Å². The molecule has 1 atom stereocenters. The normalized spacial score (nSPS) is 16.8.